The first-order chi connectivity index (χ1) is 16.0. The van der Waals surface area contributed by atoms with Gasteiger partial charge in [0.2, 0.25) is 11.2 Å². The summed E-state index contributed by atoms with van der Waals surface area (Å²) in [6.45, 7) is 9.86. The highest BCUT2D eigenvalue weighted by Crippen LogP contribution is 2.43. The molecule has 0 aliphatic heterocycles. The molecule has 2 aromatic rings. The van der Waals surface area contributed by atoms with Crippen molar-refractivity contribution in [3.63, 3.8) is 0 Å². The Hall–Kier alpha value is -3.54. The van der Waals surface area contributed by atoms with E-state index < -0.39 is 28.1 Å². The number of hydrogen-bond acceptors (Lipinski definition) is 6. The lowest BCUT2D eigenvalue weighted by Crippen LogP contribution is -2.43. The molecule has 6 nitrogen and oxygen atoms in total. The summed E-state index contributed by atoms with van der Waals surface area (Å²) in [4.78, 5) is 27.2. The number of carbonyl (C=O) groups excluding carboxylic acids is 1. The number of allylic oxidation sites excluding steroid dienone is 7. The topological polar surface area (TPSA) is 108 Å². The van der Waals surface area contributed by atoms with Gasteiger partial charge in [-0.1, -0.05) is 34.9 Å². The van der Waals surface area contributed by atoms with Gasteiger partial charge in [-0.05, 0) is 60.3 Å². The standard InChI is InChI=1S/C28H32O6/c1-16(2)7-6-8-18(5)10-12-28(11-9-17(3)4)25-23(15-21(31)27(28)33)34-22-14-19(29)13-20(30)24(22)26(25)32/h7,9-10,13-15,29-31H,6,8,11-12H2,1-5H3/b18-10+. The molecule has 1 aliphatic carbocycles. The largest absolute Gasteiger partial charge is 0.508 e. The molecule has 1 heterocycles. The van der Waals surface area contributed by atoms with E-state index in [1.807, 2.05) is 46.8 Å². The average Bonchev–Trinajstić information content (AvgIpc) is 2.72. The highest BCUT2D eigenvalue weighted by Gasteiger charge is 2.47. The van der Waals surface area contributed by atoms with Gasteiger partial charge in [-0.2, -0.15) is 0 Å². The number of phenols is 2. The third kappa shape index (κ3) is 4.86. The van der Waals surface area contributed by atoms with E-state index in [9.17, 15) is 24.9 Å². The van der Waals surface area contributed by atoms with Crippen LogP contribution in [-0.2, 0) is 10.2 Å². The van der Waals surface area contributed by atoms with Gasteiger partial charge in [-0.3, -0.25) is 9.59 Å². The second kappa shape index (κ2) is 9.75. The van der Waals surface area contributed by atoms with Gasteiger partial charge < -0.3 is 19.7 Å². The summed E-state index contributed by atoms with van der Waals surface area (Å²) in [7, 11) is 0. The van der Waals surface area contributed by atoms with Gasteiger partial charge in [-0.25, -0.2) is 0 Å². The van der Waals surface area contributed by atoms with Crippen molar-refractivity contribution in [1.82, 2.24) is 0 Å². The first kappa shape index (κ1) is 25.1. The van der Waals surface area contributed by atoms with Crippen LogP contribution >= 0.6 is 0 Å². The molecule has 1 aromatic heterocycles. The van der Waals surface area contributed by atoms with Gasteiger partial charge in [0.1, 0.15) is 28.2 Å². The van der Waals surface area contributed by atoms with E-state index in [1.54, 1.807) is 0 Å². The third-order valence-electron chi connectivity index (χ3n) is 6.15. The van der Waals surface area contributed by atoms with Crippen molar-refractivity contribution in [2.24, 2.45) is 0 Å². The number of fused-ring (bicyclic) bond motifs is 2. The van der Waals surface area contributed by atoms with Crippen LogP contribution < -0.4 is 5.43 Å². The first-order valence-electron chi connectivity index (χ1n) is 11.4. The van der Waals surface area contributed by atoms with Gasteiger partial charge in [0.05, 0.1) is 11.0 Å². The molecule has 0 saturated carbocycles. The number of ketones is 1. The molecule has 0 fully saturated rings. The molecule has 1 atom stereocenters. The maximum atomic E-state index is 13.7. The molecule has 3 rings (SSSR count). The number of aliphatic hydroxyl groups is 1. The summed E-state index contributed by atoms with van der Waals surface area (Å²) >= 11 is 0. The van der Waals surface area contributed by atoms with Gasteiger partial charge in [0.25, 0.3) is 0 Å². The fourth-order valence-electron chi connectivity index (χ4n) is 4.30. The van der Waals surface area contributed by atoms with Crippen LogP contribution in [0.5, 0.6) is 11.5 Å². The van der Waals surface area contributed by atoms with Gasteiger partial charge in [-0.15, -0.1) is 0 Å². The maximum absolute atomic E-state index is 13.7. The molecule has 0 saturated heterocycles. The number of rotatable bonds is 7. The van der Waals surface area contributed by atoms with Gasteiger partial charge in [0.15, 0.2) is 5.76 Å². The Balaban J connectivity index is 2.25. The number of aromatic hydroxyl groups is 2. The Bertz CT molecular complexity index is 1310. The maximum Gasteiger partial charge on any atom is 0.208 e. The number of hydrogen-bond donors (Lipinski definition) is 3. The average molecular weight is 465 g/mol. The molecule has 1 aromatic carbocycles. The minimum atomic E-state index is -1.39. The van der Waals surface area contributed by atoms with Crippen molar-refractivity contribution < 1.29 is 24.5 Å². The second-order valence-electron chi connectivity index (χ2n) is 9.51. The molecule has 1 unspecified atom stereocenters. The van der Waals surface area contributed by atoms with Crippen molar-refractivity contribution in [3.05, 3.63) is 74.4 Å². The van der Waals surface area contributed by atoms with Crippen LogP contribution in [0.3, 0.4) is 0 Å². The molecule has 34 heavy (non-hydrogen) atoms. The predicted molar refractivity (Wildman–Crippen MR) is 134 cm³/mol. The Morgan fingerprint density at radius 2 is 1.59 bits per heavy atom. The second-order valence-corrected chi connectivity index (χ2v) is 9.51. The minimum Gasteiger partial charge on any atom is -0.508 e. The molecular weight excluding hydrogens is 432 g/mol. The first-order valence-corrected chi connectivity index (χ1v) is 11.4. The molecule has 0 spiro atoms. The van der Waals surface area contributed by atoms with Crippen LogP contribution in [0.2, 0.25) is 0 Å². The normalized spacial score (nSPS) is 17.9. The smallest absolute Gasteiger partial charge is 0.208 e. The molecular formula is C28H32O6. The minimum absolute atomic E-state index is 0.0239. The van der Waals surface area contributed by atoms with Crippen LogP contribution in [0.4, 0.5) is 0 Å². The SMILES string of the molecule is CC(C)=CCC/C(C)=C/CC1(CC=C(C)C)C(=O)C(O)=Cc2oc3cc(O)cc(O)c3c(=O)c21. The lowest BCUT2D eigenvalue weighted by Gasteiger charge is -2.34. The van der Waals surface area contributed by atoms with E-state index >= 15 is 0 Å². The van der Waals surface area contributed by atoms with E-state index in [4.69, 9.17) is 4.42 Å². The summed E-state index contributed by atoms with van der Waals surface area (Å²) in [5.74, 6) is -1.69. The van der Waals surface area contributed by atoms with Crippen LogP contribution in [-0.4, -0.2) is 21.1 Å². The number of carbonyl (C=O) groups is 1. The van der Waals surface area contributed by atoms with Crippen molar-refractivity contribution in [2.45, 2.75) is 65.7 Å². The fraction of sp³-hybridized carbons (Fsp3) is 0.357. The van der Waals surface area contributed by atoms with Crippen molar-refractivity contribution in [2.75, 3.05) is 0 Å². The van der Waals surface area contributed by atoms with Gasteiger partial charge >= 0.3 is 0 Å². The number of Topliss-reactive ketones (excluding diaryl/α,β-unsaturated/α-hetero) is 1. The van der Waals surface area contributed by atoms with E-state index in [0.717, 1.165) is 36.1 Å². The molecule has 6 heteroatoms. The monoisotopic (exact) mass is 464 g/mol. The molecule has 0 bridgehead atoms. The van der Waals surface area contributed by atoms with Crippen LogP contribution in [0.1, 0.15) is 71.6 Å². The van der Waals surface area contributed by atoms with Gasteiger partial charge in [0, 0.05) is 18.2 Å². The van der Waals surface area contributed by atoms with Crippen LogP contribution in [0, 0.1) is 0 Å². The zero-order valence-electron chi connectivity index (χ0n) is 20.4. The summed E-state index contributed by atoms with van der Waals surface area (Å²) in [5, 5.41) is 30.7. The van der Waals surface area contributed by atoms with E-state index in [0.29, 0.717) is 0 Å². The highest BCUT2D eigenvalue weighted by atomic mass is 16.3. The molecule has 1 aliphatic rings. The Morgan fingerprint density at radius 3 is 2.24 bits per heavy atom. The fourth-order valence-corrected chi connectivity index (χ4v) is 4.30. The summed E-state index contributed by atoms with van der Waals surface area (Å²) in [5.41, 5.74) is 1.40. The zero-order valence-corrected chi connectivity index (χ0v) is 20.4. The molecule has 3 N–H and O–H groups in total. The summed E-state index contributed by atoms with van der Waals surface area (Å²) in [6.07, 6.45) is 9.15. The predicted octanol–water partition coefficient (Wildman–Crippen LogP) is 6.36. The van der Waals surface area contributed by atoms with Crippen molar-refractivity contribution >= 4 is 22.8 Å². The molecule has 0 amide bonds. The van der Waals surface area contributed by atoms with E-state index in [1.165, 1.54) is 11.6 Å². The Morgan fingerprint density at radius 1 is 0.941 bits per heavy atom. The third-order valence-corrected chi connectivity index (χ3v) is 6.15. The van der Waals surface area contributed by atoms with E-state index in [2.05, 4.69) is 6.08 Å². The highest BCUT2D eigenvalue weighted by molar-refractivity contribution is 6.08. The molecule has 0 radical (unpaired) electrons. The number of aliphatic hydroxyl groups excluding tert-OH is 1. The van der Waals surface area contributed by atoms with Crippen molar-refractivity contribution in [1.29, 1.82) is 0 Å². The van der Waals surface area contributed by atoms with E-state index in [-0.39, 0.29) is 40.9 Å². The zero-order chi connectivity index (χ0) is 25.2. The summed E-state index contributed by atoms with van der Waals surface area (Å²) in [6, 6.07) is 2.29. The molecule has 180 valence electrons. The Labute approximate surface area is 199 Å². The summed E-state index contributed by atoms with van der Waals surface area (Å²) < 4.78 is 5.85. The number of benzene rings is 1. The number of phenolic OH excluding ortho intramolecular Hbond substituents is 2. The van der Waals surface area contributed by atoms with Crippen LogP contribution in [0.15, 0.2) is 62.1 Å². The van der Waals surface area contributed by atoms with Crippen molar-refractivity contribution in [3.8, 4) is 11.5 Å². The van der Waals surface area contributed by atoms with Crippen LogP contribution in [0.25, 0.3) is 17.0 Å². The Kier molecular flexibility index (Phi) is 7.20. The lowest BCUT2D eigenvalue weighted by atomic mass is 9.67. The lowest BCUT2D eigenvalue weighted by molar-refractivity contribution is -0.123. The quantitative estimate of drug-likeness (QED) is 0.411.